The molecular formula is C13H19NO2S. The van der Waals surface area contributed by atoms with Crippen molar-refractivity contribution < 1.29 is 9.53 Å². The molecule has 0 radical (unpaired) electrons. The molecule has 3 nitrogen and oxygen atoms in total. The van der Waals surface area contributed by atoms with Gasteiger partial charge in [-0.3, -0.25) is 4.79 Å². The molecule has 1 aliphatic rings. The molecule has 0 aliphatic carbocycles. The van der Waals surface area contributed by atoms with Crippen molar-refractivity contribution in [1.82, 2.24) is 4.90 Å². The minimum atomic E-state index is 0.178. The van der Waals surface area contributed by atoms with E-state index in [4.69, 9.17) is 4.74 Å². The molecule has 1 aliphatic heterocycles. The molecule has 1 saturated heterocycles. The predicted molar refractivity (Wildman–Crippen MR) is 69.3 cm³/mol. The number of hydrogen-bond donors (Lipinski definition) is 0. The number of nitrogens with zero attached hydrogens (tertiary/aromatic N) is 1. The van der Waals surface area contributed by atoms with Crippen LogP contribution in [0, 0.1) is 0 Å². The van der Waals surface area contributed by atoms with Crippen LogP contribution in [-0.2, 0) is 16.0 Å². The molecule has 94 valence electrons. The average Bonchev–Trinajstić information content (AvgIpc) is 2.83. The summed E-state index contributed by atoms with van der Waals surface area (Å²) >= 11 is 1.63. The van der Waals surface area contributed by atoms with Gasteiger partial charge in [0.15, 0.2) is 0 Å². The third-order valence-corrected chi connectivity index (χ3v) is 3.84. The summed E-state index contributed by atoms with van der Waals surface area (Å²) in [4.78, 5) is 13.8. The first-order chi connectivity index (χ1) is 8.25. The van der Waals surface area contributed by atoms with Crippen LogP contribution in [0.5, 0.6) is 0 Å². The van der Waals surface area contributed by atoms with Crippen molar-refractivity contribution in [3.05, 3.63) is 22.4 Å². The zero-order valence-electron chi connectivity index (χ0n) is 10.2. The van der Waals surface area contributed by atoms with E-state index in [2.05, 4.69) is 0 Å². The number of rotatable bonds is 4. The Hall–Kier alpha value is -0.870. The molecule has 2 heterocycles. The molecule has 4 heteroatoms. The monoisotopic (exact) mass is 253 g/mol. The van der Waals surface area contributed by atoms with Gasteiger partial charge in [-0.1, -0.05) is 0 Å². The molecule has 0 saturated carbocycles. The van der Waals surface area contributed by atoms with Crippen LogP contribution in [-0.4, -0.2) is 37.1 Å². The van der Waals surface area contributed by atoms with Crippen molar-refractivity contribution in [2.24, 2.45) is 0 Å². The second-order valence-corrected chi connectivity index (χ2v) is 5.35. The number of hydrogen-bond acceptors (Lipinski definition) is 3. The van der Waals surface area contributed by atoms with Crippen molar-refractivity contribution >= 4 is 17.2 Å². The number of carbonyl (C=O) groups is 1. The van der Waals surface area contributed by atoms with Gasteiger partial charge in [0.05, 0.1) is 12.5 Å². The lowest BCUT2D eigenvalue weighted by Gasteiger charge is -2.27. The largest absolute Gasteiger partial charge is 0.376 e. The molecule has 17 heavy (non-hydrogen) atoms. The first-order valence-corrected chi connectivity index (χ1v) is 7.06. The molecule has 0 spiro atoms. The quantitative estimate of drug-likeness (QED) is 0.824. The fourth-order valence-corrected chi connectivity index (χ4v) is 2.73. The van der Waals surface area contributed by atoms with Gasteiger partial charge in [0, 0.05) is 20.2 Å². The molecule has 1 atom stereocenters. The summed E-state index contributed by atoms with van der Waals surface area (Å²) in [5.74, 6) is 0.178. The standard InChI is InChI=1S/C13H19NO2S/c1-14(9-12-4-2-3-6-16-12)13(15)8-11-5-7-17-10-11/h5,7,10,12H,2-4,6,8-9H2,1H3. The maximum absolute atomic E-state index is 12.0. The number of amides is 1. The molecule has 0 bridgehead atoms. The minimum absolute atomic E-state index is 0.178. The summed E-state index contributed by atoms with van der Waals surface area (Å²) in [5, 5.41) is 4.04. The van der Waals surface area contributed by atoms with E-state index in [1.165, 1.54) is 6.42 Å². The highest BCUT2D eigenvalue weighted by Gasteiger charge is 2.18. The number of ether oxygens (including phenoxy) is 1. The van der Waals surface area contributed by atoms with Crippen LogP contribution in [0.3, 0.4) is 0 Å². The van der Waals surface area contributed by atoms with Crippen LogP contribution in [0.25, 0.3) is 0 Å². The lowest BCUT2D eigenvalue weighted by Crippen LogP contribution is -2.37. The molecule has 0 aromatic carbocycles. The van der Waals surface area contributed by atoms with Gasteiger partial charge in [0.2, 0.25) is 5.91 Å². The highest BCUT2D eigenvalue weighted by Crippen LogP contribution is 2.14. The van der Waals surface area contributed by atoms with Crippen LogP contribution in [0.1, 0.15) is 24.8 Å². The fraction of sp³-hybridized carbons (Fsp3) is 0.615. The molecule has 1 fully saturated rings. The van der Waals surface area contributed by atoms with Crippen molar-refractivity contribution in [2.75, 3.05) is 20.2 Å². The third kappa shape index (κ3) is 3.82. The van der Waals surface area contributed by atoms with E-state index in [9.17, 15) is 4.79 Å². The molecule has 1 aromatic rings. The Morgan fingerprint density at radius 2 is 2.47 bits per heavy atom. The summed E-state index contributed by atoms with van der Waals surface area (Å²) in [6, 6.07) is 2.01. The summed E-state index contributed by atoms with van der Waals surface area (Å²) in [5.41, 5.74) is 1.11. The zero-order valence-corrected chi connectivity index (χ0v) is 11.0. The molecule has 1 amide bonds. The molecular weight excluding hydrogens is 234 g/mol. The number of thiophene rings is 1. The molecule has 1 unspecified atom stereocenters. The smallest absolute Gasteiger partial charge is 0.226 e. The molecule has 2 rings (SSSR count). The summed E-state index contributed by atoms with van der Waals surface area (Å²) in [6.45, 7) is 1.57. The fourth-order valence-electron chi connectivity index (χ4n) is 2.06. The van der Waals surface area contributed by atoms with E-state index in [1.54, 1.807) is 16.2 Å². The van der Waals surface area contributed by atoms with E-state index >= 15 is 0 Å². The highest BCUT2D eigenvalue weighted by atomic mass is 32.1. The van der Waals surface area contributed by atoms with E-state index < -0.39 is 0 Å². The van der Waals surface area contributed by atoms with Crippen molar-refractivity contribution in [2.45, 2.75) is 31.8 Å². The number of likely N-dealkylation sites (N-methyl/N-ethyl adjacent to an activating group) is 1. The Morgan fingerprint density at radius 3 is 3.12 bits per heavy atom. The van der Waals surface area contributed by atoms with Gasteiger partial charge in [0.25, 0.3) is 0 Å². The SMILES string of the molecule is CN(CC1CCCCO1)C(=O)Cc1ccsc1. The Labute approximate surface area is 106 Å². The molecule has 1 aromatic heterocycles. The van der Waals surface area contributed by atoms with Crippen molar-refractivity contribution in [1.29, 1.82) is 0 Å². The predicted octanol–water partition coefficient (Wildman–Crippen LogP) is 2.32. The Morgan fingerprint density at radius 1 is 1.59 bits per heavy atom. The third-order valence-electron chi connectivity index (χ3n) is 3.11. The Bertz CT molecular complexity index is 344. The maximum atomic E-state index is 12.0. The second-order valence-electron chi connectivity index (χ2n) is 4.57. The van der Waals surface area contributed by atoms with E-state index in [-0.39, 0.29) is 12.0 Å². The Kier molecular flexibility index (Phi) is 4.57. The summed E-state index contributed by atoms with van der Waals surface area (Å²) < 4.78 is 5.64. The lowest BCUT2D eigenvalue weighted by molar-refractivity contribution is -0.131. The lowest BCUT2D eigenvalue weighted by atomic mass is 10.1. The first kappa shape index (κ1) is 12.6. The summed E-state index contributed by atoms with van der Waals surface area (Å²) in [6.07, 6.45) is 4.20. The van der Waals surface area contributed by atoms with Gasteiger partial charge in [0.1, 0.15) is 0 Å². The van der Waals surface area contributed by atoms with E-state index in [0.717, 1.165) is 31.6 Å². The molecule has 0 N–H and O–H groups in total. The van der Waals surface area contributed by atoms with Crippen LogP contribution in [0.15, 0.2) is 16.8 Å². The van der Waals surface area contributed by atoms with Crippen LogP contribution >= 0.6 is 11.3 Å². The van der Waals surface area contributed by atoms with Gasteiger partial charge < -0.3 is 9.64 Å². The van der Waals surface area contributed by atoms with E-state index in [0.29, 0.717) is 6.42 Å². The van der Waals surface area contributed by atoms with Gasteiger partial charge in [-0.05, 0) is 41.7 Å². The van der Waals surface area contributed by atoms with Gasteiger partial charge in [-0.2, -0.15) is 11.3 Å². The zero-order chi connectivity index (χ0) is 12.1. The topological polar surface area (TPSA) is 29.5 Å². The Balaban J connectivity index is 1.78. The average molecular weight is 253 g/mol. The van der Waals surface area contributed by atoms with Crippen LogP contribution in [0.4, 0.5) is 0 Å². The van der Waals surface area contributed by atoms with Crippen LogP contribution in [0.2, 0.25) is 0 Å². The van der Waals surface area contributed by atoms with Gasteiger partial charge in [-0.25, -0.2) is 0 Å². The van der Waals surface area contributed by atoms with Gasteiger partial charge in [-0.15, -0.1) is 0 Å². The van der Waals surface area contributed by atoms with Crippen molar-refractivity contribution in [3.63, 3.8) is 0 Å². The first-order valence-electron chi connectivity index (χ1n) is 6.12. The highest BCUT2D eigenvalue weighted by molar-refractivity contribution is 7.07. The normalized spacial score (nSPS) is 20.2. The van der Waals surface area contributed by atoms with E-state index in [1.807, 2.05) is 23.9 Å². The second kappa shape index (κ2) is 6.17. The maximum Gasteiger partial charge on any atom is 0.226 e. The number of carbonyl (C=O) groups excluding carboxylic acids is 1. The van der Waals surface area contributed by atoms with Crippen LogP contribution < -0.4 is 0 Å². The minimum Gasteiger partial charge on any atom is -0.376 e. The van der Waals surface area contributed by atoms with Crippen molar-refractivity contribution in [3.8, 4) is 0 Å². The summed E-state index contributed by atoms with van der Waals surface area (Å²) in [7, 11) is 1.87. The van der Waals surface area contributed by atoms with Gasteiger partial charge >= 0.3 is 0 Å².